The topological polar surface area (TPSA) is 13.1 Å². The van der Waals surface area contributed by atoms with E-state index in [2.05, 4.69) is 0 Å². The van der Waals surface area contributed by atoms with E-state index in [-0.39, 0.29) is 49.0 Å². The molecular formula is C36H22O. The van der Waals surface area contributed by atoms with Gasteiger partial charge in [0.05, 0.1) is 19.2 Å². The van der Waals surface area contributed by atoms with Crippen LogP contribution in [-0.4, -0.2) is 0 Å². The van der Waals surface area contributed by atoms with E-state index in [0.717, 1.165) is 5.39 Å². The maximum Gasteiger partial charge on any atom is 0.143 e. The molecule has 1 heterocycles. The number of rotatable bonds is 2. The smallest absolute Gasteiger partial charge is 0.143 e. The van der Waals surface area contributed by atoms with Crippen LogP contribution in [0.5, 0.6) is 0 Å². The number of hydrogen-bond donors (Lipinski definition) is 0. The van der Waals surface area contributed by atoms with Crippen molar-refractivity contribution in [1.29, 1.82) is 0 Å². The molecule has 0 atom stereocenters. The fraction of sp³-hybridized carbons (Fsp3) is 0. The maximum atomic E-state index is 9.23. The number of furan rings is 1. The Bertz CT molecular complexity index is 2830. The lowest BCUT2D eigenvalue weighted by molar-refractivity contribution is 0.670. The van der Waals surface area contributed by atoms with Crippen LogP contribution < -0.4 is 0 Å². The summed E-state index contributed by atoms with van der Waals surface area (Å²) in [4.78, 5) is 0. The Balaban J connectivity index is 1.72. The first-order valence-corrected chi connectivity index (χ1v) is 11.6. The quantitative estimate of drug-likeness (QED) is 0.222. The summed E-state index contributed by atoms with van der Waals surface area (Å²) in [6.07, 6.45) is 0. The summed E-state index contributed by atoms with van der Waals surface area (Å²) in [5.74, 6) is 0. The summed E-state index contributed by atoms with van der Waals surface area (Å²) < 4.78 is 129. The van der Waals surface area contributed by atoms with Gasteiger partial charge in [0.25, 0.3) is 0 Å². The van der Waals surface area contributed by atoms with Gasteiger partial charge in [-0.3, -0.25) is 0 Å². The number of hydrogen-bond acceptors (Lipinski definition) is 1. The molecule has 37 heavy (non-hydrogen) atoms. The van der Waals surface area contributed by atoms with Crippen molar-refractivity contribution < 1.29 is 23.6 Å². The molecule has 0 spiro atoms. The monoisotopic (exact) mass is 484 g/mol. The van der Waals surface area contributed by atoms with Crippen LogP contribution in [0, 0.1) is 0 Å². The summed E-state index contributed by atoms with van der Waals surface area (Å²) in [5.41, 5.74) is 0.762. The second-order valence-electron chi connectivity index (χ2n) is 8.63. The van der Waals surface area contributed by atoms with Crippen LogP contribution in [0.3, 0.4) is 0 Å². The highest BCUT2D eigenvalue weighted by Crippen LogP contribution is 2.46. The molecule has 0 aliphatic carbocycles. The predicted molar refractivity (Wildman–Crippen MR) is 157 cm³/mol. The van der Waals surface area contributed by atoms with Crippen LogP contribution in [0.25, 0.3) is 76.5 Å². The normalized spacial score (nSPS) is 17.1. The second kappa shape index (κ2) is 7.81. The highest BCUT2D eigenvalue weighted by atomic mass is 16.3. The van der Waals surface area contributed by atoms with Gasteiger partial charge in [0.2, 0.25) is 0 Å². The van der Waals surface area contributed by atoms with E-state index < -0.39 is 84.6 Å². The molecule has 0 bridgehead atoms. The fourth-order valence-electron chi connectivity index (χ4n) is 5.08. The van der Waals surface area contributed by atoms with Crippen LogP contribution in [-0.2, 0) is 0 Å². The average Bonchev–Trinajstić information content (AvgIpc) is 3.51. The second-order valence-corrected chi connectivity index (χ2v) is 8.63. The molecule has 0 saturated carbocycles. The van der Waals surface area contributed by atoms with E-state index in [9.17, 15) is 5.48 Å². The Kier molecular flexibility index (Phi) is 2.33. The molecular weight excluding hydrogens is 448 g/mol. The number of para-hydroxylation sites is 2. The van der Waals surface area contributed by atoms with E-state index in [1.165, 1.54) is 6.07 Å². The third kappa shape index (κ3) is 2.98. The van der Waals surface area contributed by atoms with E-state index in [1.807, 2.05) is 18.2 Å². The molecule has 0 unspecified atom stereocenters. The molecule has 0 aliphatic rings. The zero-order valence-corrected chi connectivity index (χ0v) is 19.0. The minimum absolute atomic E-state index is 0.0488. The van der Waals surface area contributed by atoms with E-state index >= 15 is 0 Å². The highest BCUT2D eigenvalue weighted by molar-refractivity contribution is 6.24. The third-order valence-electron chi connectivity index (χ3n) is 6.65. The molecule has 172 valence electrons. The lowest BCUT2D eigenvalue weighted by Gasteiger charge is -2.18. The first-order valence-electron chi connectivity index (χ1n) is 18.6. The summed E-state index contributed by atoms with van der Waals surface area (Å²) >= 11 is 0. The highest BCUT2D eigenvalue weighted by Gasteiger charge is 2.20. The van der Waals surface area contributed by atoms with Crippen molar-refractivity contribution in [2.24, 2.45) is 0 Å². The lowest BCUT2D eigenvalue weighted by atomic mass is 9.85. The number of benzene rings is 7. The molecule has 0 fully saturated rings. The van der Waals surface area contributed by atoms with Crippen LogP contribution in [0.15, 0.2) is 138 Å². The van der Waals surface area contributed by atoms with Gasteiger partial charge in [-0.2, -0.15) is 0 Å². The SMILES string of the molecule is [2H]c1c([2H])c([2H])c2c([2H])c([2H])c(-c3c4c([2H])c([2H])c([2H])c([2H])c4c(-c4cccc5c4oc4ccccc45)c4c([2H])c([2H])c([2H])c([2H])c34)cc2c1[2H]. The molecule has 0 radical (unpaired) electrons. The molecule has 8 aromatic rings. The van der Waals surface area contributed by atoms with Gasteiger partial charge >= 0.3 is 0 Å². The van der Waals surface area contributed by atoms with Crippen molar-refractivity contribution >= 4 is 54.3 Å². The van der Waals surface area contributed by atoms with Gasteiger partial charge in [0, 0.05) is 21.9 Å². The summed E-state index contributed by atoms with van der Waals surface area (Å²) in [6.45, 7) is 0. The van der Waals surface area contributed by atoms with Crippen molar-refractivity contribution in [3.05, 3.63) is 133 Å². The largest absolute Gasteiger partial charge is 0.455 e. The Hall–Kier alpha value is -4.88. The standard InChI is InChI=1S/C36H22O/c1-2-11-24-22-25(21-20-23(24)10-1)34-27-13-3-5-15-29(27)35(30-16-6-4-14-28(30)34)32-18-9-17-31-26-12-7-8-19-33(26)37-36(31)32/h1-22H/i1D,2D,3D,4D,5D,6D,10D,11D,13D,14D,15D,16D,20D,21D. The molecule has 0 saturated heterocycles. The Morgan fingerprint density at radius 3 is 1.86 bits per heavy atom. The molecule has 0 N–H and O–H groups in total. The molecule has 7 aromatic carbocycles. The molecule has 1 aromatic heterocycles. The van der Waals surface area contributed by atoms with E-state index in [4.69, 9.17) is 18.1 Å². The van der Waals surface area contributed by atoms with Crippen molar-refractivity contribution in [3.63, 3.8) is 0 Å². The first kappa shape index (κ1) is 11.0. The van der Waals surface area contributed by atoms with Crippen molar-refractivity contribution in [3.8, 4) is 22.3 Å². The zero-order valence-electron chi connectivity index (χ0n) is 33.0. The van der Waals surface area contributed by atoms with Crippen LogP contribution in [0.4, 0.5) is 0 Å². The Labute approximate surface area is 233 Å². The summed E-state index contributed by atoms with van der Waals surface area (Å²) in [6, 6.07) is 5.52. The molecule has 0 aliphatic heterocycles. The first-order chi connectivity index (χ1) is 24.2. The minimum Gasteiger partial charge on any atom is -0.455 e. The minimum atomic E-state index is -0.651. The van der Waals surface area contributed by atoms with Crippen LogP contribution in [0.2, 0.25) is 0 Å². The van der Waals surface area contributed by atoms with Crippen molar-refractivity contribution in [2.75, 3.05) is 0 Å². The van der Waals surface area contributed by atoms with E-state index in [0.29, 0.717) is 22.1 Å². The van der Waals surface area contributed by atoms with Gasteiger partial charge in [0.1, 0.15) is 11.2 Å². The van der Waals surface area contributed by atoms with Gasteiger partial charge in [-0.15, -0.1) is 0 Å². The molecule has 1 nitrogen and oxygen atoms in total. The van der Waals surface area contributed by atoms with Gasteiger partial charge in [0.15, 0.2) is 0 Å². The van der Waals surface area contributed by atoms with Crippen molar-refractivity contribution in [2.45, 2.75) is 0 Å². The van der Waals surface area contributed by atoms with Gasteiger partial charge < -0.3 is 4.42 Å². The maximum absolute atomic E-state index is 9.23. The number of fused-ring (bicyclic) bond motifs is 6. The predicted octanol–water partition coefficient (Wildman–Crippen LogP) is 10.4. The Morgan fingerprint density at radius 2 is 1.11 bits per heavy atom. The molecule has 0 amide bonds. The lowest BCUT2D eigenvalue weighted by Crippen LogP contribution is -1.91. The third-order valence-corrected chi connectivity index (χ3v) is 6.65. The Morgan fingerprint density at radius 1 is 0.486 bits per heavy atom. The van der Waals surface area contributed by atoms with Gasteiger partial charge in [-0.05, 0) is 55.6 Å². The summed E-state index contributed by atoms with van der Waals surface area (Å²) in [7, 11) is 0. The zero-order chi connectivity index (χ0) is 36.5. The average molecular weight is 485 g/mol. The summed E-state index contributed by atoms with van der Waals surface area (Å²) in [5, 5.41) is 0.392. The molecule has 1 heteroatoms. The van der Waals surface area contributed by atoms with Crippen LogP contribution in [0.1, 0.15) is 19.2 Å². The van der Waals surface area contributed by atoms with E-state index in [1.54, 1.807) is 24.3 Å². The van der Waals surface area contributed by atoms with Crippen molar-refractivity contribution in [1.82, 2.24) is 0 Å². The van der Waals surface area contributed by atoms with Crippen LogP contribution >= 0.6 is 0 Å². The fourth-order valence-corrected chi connectivity index (χ4v) is 5.08. The van der Waals surface area contributed by atoms with Gasteiger partial charge in [-0.1, -0.05) is 121 Å². The molecule has 8 rings (SSSR count). The van der Waals surface area contributed by atoms with Gasteiger partial charge in [-0.25, -0.2) is 0 Å².